The molecular weight excluding hydrogens is 368 g/mol. The summed E-state index contributed by atoms with van der Waals surface area (Å²) in [6, 6.07) is 16.0. The van der Waals surface area contributed by atoms with Crippen molar-refractivity contribution >= 4 is 23.1 Å². The number of benzene rings is 2. The van der Waals surface area contributed by atoms with E-state index in [2.05, 4.69) is 16.8 Å². The van der Waals surface area contributed by atoms with E-state index in [1.165, 1.54) is 0 Å². The topological polar surface area (TPSA) is 75.8 Å². The largest absolute Gasteiger partial charge is 0.478 e. The summed E-state index contributed by atoms with van der Waals surface area (Å²) >= 11 is 0. The van der Waals surface area contributed by atoms with Crippen LogP contribution in [0, 0.1) is 0 Å². The molecule has 0 aliphatic heterocycles. The third-order valence-corrected chi connectivity index (χ3v) is 4.79. The fourth-order valence-corrected chi connectivity index (χ4v) is 3.01. The predicted molar refractivity (Wildman–Crippen MR) is 114 cm³/mol. The minimum absolute atomic E-state index is 0.553. The Morgan fingerprint density at radius 1 is 1.17 bits per heavy atom. The number of oxazole rings is 1. The molecule has 0 atom stereocenters. The van der Waals surface area contributed by atoms with Crippen molar-refractivity contribution in [2.75, 3.05) is 18.0 Å². The van der Waals surface area contributed by atoms with E-state index in [0.29, 0.717) is 11.8 Å². The summed E-state index contributed by atoms with van der Waals surface area (Å²) in [4.78, 5) is 18.1. The van der Waals surface area contributed by atoms with E-state index in [4.69, 9.17) is 9.15 Å². The van der Waals surface area contributed by atoms with Crippen molar-refractivity contribution in [2.24, 2.45) is 0 Å². The van der Waals surface area contributed by atoms with Gasteiger partial charge in [-0.25, -0.2) is 4.79 Å². The van der Waals surface area contributed by atoms with Gasteiger partial charge in [0.2, 0.25) is 0 Å². The van der Waals surface area contributed by atoms with Crippen molar-refractivity contribution in [3.63, 3.8) is 0 Å². The number of aromatic nitrogens is 1. The number of unbranched alkanes of at least 4 members (excludes halogenated alkanes) is 1. The number of hydrogen-bond donors (Lipinski definition) is 1. The van der Waals surface area contributed by atoms with Gasteiger partial charge >= 0.3 is 5.97 Å². The molecule has 154 valence electrons. The van der Waals surface area contributed by atoms with Crippen LogP contribution in [0.25, 0.3) is 11.1 Å². The normalized spacial score (nSPS) is 11.6. The maximum Gasteiger partial charge on any atom is 0.347 e. The van der Waals surface area contributed by atoms with Crippen LogP contribution in [0.4, 0.5) is 6.01 Å². The molecular formula is C23H28N2O4. The quantitative estimate of drug-likeness (QED) is 0.524. The van der Waals surface area contributed by atoms with E-state index in [9.17, 15) is 9.90 Å². The lowest BCUT2D eigenvalue weighted by Gasteiger charge is -2.22. The van der Waals surface area contributed by atoms with Crippen LogP contribution in [-0.4, -0.2) is 34.8 Å². The highest BCUT2D eigenvalue weighted by atomic mass is 16.5. The van der Waals surface area contributed by atoms with Crippen LogP contribution in [-0.2, 0) is 11.2 Å². The van der Waals surface area contributed by atoms with Crippen LogP contribution in [0.5, 0.6) is 5.75 Å². The zero-order valence-electron chi connectivity index (χ0n) is 17.2. The Bertz CT molecular complexity index is 931. The van der Waals surface area contributed by atoms with Crippen LogP contribution >= 0.6 is 0 Å². The number of anilines is 1. The summed E-state index contributed by atoms with van der Waals surface area (Å²) in [7, 11) is 0. The number of aliphatic carboxylic acids is 1. The zero-order valence-corrected chi connectivity index (χ0v) is 17.2. The molecule has 0 fully saturated rings. The number of fused-ring (bicyclic) bond motifs is 1. The number of rotatable bonds is 10. The SMILES string of the molecule is CCCCN(CCc1cccc(OC(C)(C)C(=O)O)c1)c1nc2ccccc2o1. The molecule has 0 saturated carbocycles. The molecule has 29 heavy (non-hydrogen) atoms. The molecule has 0 spiro atoms. The Morgan fingerprint density at radius 3 is 2.69 bits per heavy atom. The molecule has 0 amide bonds. The Labute approximate surface area is 171 Å². The molecule has 0 aliphatic carbocycles. The molecule has 0 unspecified atom stereocenters. The zero-order chi connectivity index (χ0) is 20.9. The van der Waals surface area contributed by atoms with Crippen LogP contribution < -0.4 is 9.64 Å². The van der Waals surface area contributed by atoms with Crippen molar-refractivity contribution in [1.29, 1.82) is 0 Å². The number of para-hydroxylation sites is 2. The second-order valence-electron chi connectivity index (χ2n) is 7.62. The number of nitrogens with zero attached hydrogens (tertiary/aromatic N) is 2. The monoisotopic (exact) mass is 396 g/mol. The van der Waals surface area contributed by atoms with Crippen LogP contribution in [0.2, 0.25) is 0 Å². The summed E-state index contributed by atoms with van der Waals surface area (Å²) < 4.78 is 11.6. The van der Waals surface area contributed by atoms with Gasteiger partial charge in [0, 0.05) is 13.1 Å². The summed E-state index contributed by atoms with van der Waals surface area (Å²) in [6.07, 6.45) is 2.91. The number of ether oxygens (including phenoxy) is 1. The molecule has 0 saturated heterocycles. The van der Waals surface area contributed by atoms with Gasteiger partial charge in [-0.3, -0.25) is 0 Å². The maximum absolute atomic E-state index is 11.3. The van der Waals surface area contributed by atoms with Crippen molar-refractivity contribution in [3.05, 3.63) is 54.1 Å². The molecule has 0 aliphatic rings. The second kappa shape index (κ2) is 8.99. The van der Waals surface area contributed by atoms with Crippen molar-refractivity contribution in [3.8, 4) is 5.75 Å². The number of carboxylic acid groups (broad SMARTS) is 1. The lowest BCUT2D eigenvalue weighted by Crippen LogP contribution is -2.37. The number of carbonyl (C=O) groups is 1. The van der Waals surface area contributed by atoms with Gasteiger partial charge in [0.15, 0.2) is 11.2 Å². The van der Waals surface area contributed by atoms with Crippen LogP contribution in [0.15, 0.2) is 52.9 Å². The summed E-state index contributed by atoms with van der Waals surface area (Å²) in [5, 5.41) is 9.27. The molecule has 1 N–H and O–H groups in total. The molecule has 0 radical (unpaired) electrons. The first-order chi connectivity index (χ1) is 13.9. The number of hydrogen-bond acceptors (Lipinski definition) is 5. The highest BCUT2D eigenvalue weighted by Crippen LogP contribution is 2.24. The maximum atomic E-state index is 11.3. The van der Waals surface area contributed by atoms with Gasteiger partial charge in [0.1, 0.15) is 11.3 Å². The minimum atomic E-state index is -1.27. The molecule has 1 heterocycles. The van der Waals surface area contributed by atoms with Gasteiger partial charge in [-0.15, -0.1) is 0 Å². The molecule has 1 aromatic heterocycles. The minimum Gasteiger partial charge on any atom is -0.478 e. The molecule has 6 heteroatoms. The second-order valence-corrected chi connectivity index (χ2v) is 7.62. The van der Waals surface area contributed by atoms with E-state index >= 15 is 0 Å². The van der Waals surface area contributed by atoms with Crippen LogP contribution in [0.3, 0.4) is 0 Å². The van der Waals surface area contributed by atoms with Crippen molar-refractivity contribution in [2.45, 2.75) is 45.6 Å². The molecule has 3 aromatic rings. The number of carboxylic acids is 1. The van der Waals surface area contributed by atoms with E-state index in [1.807, 2.05) is 42.5 Å². The summed E-state index contributed by atoms with van der Waals surface area (Å²) in [6.45, 7) is 6.86. The lowest BCUT2D eigenvalue weighted by atomic mass is 10.1. The lowest BCUT2D eigenvalue weighted by molar-refractivity contribution is -0.152. The standard InChI is InChI=1S/C23H28N2O4/c1-4-5-14-25(22-24-19-11-6-7-12-20(19)28-22)15-13-17-9-8-10-18(16-17)29-23(2,3)21(26)27/h6-12,16H,4-5,13-15H2,1-3H3,(H,26,27). The first kappa shape index (κ1) is 20.7. The summed E-state index contributed by atoms with van der Waals surface area (Å²) in [5.74, 6) is -0.443. The van der Waals surface area contributed by atoms with Gasteiger partial charge in [0.25, 0.3) is 6.01 Å². The van der Waals surface area contributed by atoms with Gasteiger partial charge in [0.05, 0.1) is 0 Å². The van der Waals surface area contributed by atoms with Crippen molar-refractivity contribution < 1.29 is 19.1 Å². The van der Waals surface area contributed by atoms with E-state index in [-0.39, 0.29) is 0 Å². The fourth-order valence-electron chi connectivity index (χ4n) is 3.01. The highest BCUT2D eigenvalue weighted by Gasteiger charge is 2.29. The molecule has 2 aromatic carbocycles. The van der Waals surface area contributed by atoms with Gasteiger partial charge in [-0.2, -0.15) is 4.98 Å². The van der Waals surface area contributed by atoms with E-state index in [0.717, 1.165) is 49.0 Å². The Balaban J connectivity index is 1.72. The molecule has 0 bridgehead atoms. The fraction of sp³-hybridized carbons (Fsp3) is 0.391. The van der Waals surface area contributed by atoms with E-state index in [1.54, 1.807) is 19.9 Å². The van der Waals surface area contributed by atoms with Crippen molar-refractivity contribution in [1.82, 2.24) is 4.98 Å². The molecule has 3 rings (SSSR count). The molecule has 6 nitrogen and oxygen atoms in total. The average molecular weight is 396 g/mol. The van der Waals surface area contributed by atoms with Gasteiger partial charge in [-0.1, -0.05) is 37.6 Å². The Morgan fingerprint density at radius 2 is 1.97 bits per heavy atom. The Hall–Kier alpha value is -3.02. The average Bonchev–Trinajstić information content (AvgIpc) is 3.12. The predicted octanol–water partition coefficient (Wildman–Crippen LogP) is 4.92. The first-order valence-electron chi connectivity index (χ1n) is 10.0. The van der Waals surface area contributed by atoms with Crippen LogP contribution in [0.1, 0.15) is 39.2 Å². The highest BCUT2D eigenvalue weighted by molar-refractivity contribution is 5.76. The smallest absolute Gasteiger partial charge is 0.347 e. The van der Waals surface area contributed by atoms with Gasteiger partial charge < -0.3 is 19.2 Å². The Kier molecular flexibility index (Phi) is 6.42. The third kappa shape index (κ3) is 5.28. The summed E-state index contributed by atoms with van der Waals surface area (Å²) in [5.41, 5.74) is 1.44. The van der Waals surface area contributed by atoms with E-state index < -0.39 is 11.6 Å². The third-order valence-electron chi connectivity index (χ3n) is 4.79. The first-order valence-corrected chi connectivity index (χ1v) is 10.0. The van der Waals surface area contributed by atoms with Gasteiger partial charge in [-0.05, 0) is 56.5 Å².